The topological polar surface area (TPSA) is 45.7 Å². The van der Waals surface area contributed by atoms with Crippen LogP contribution in [0.15, 0.2) is 48.8 Å². The molecule has 2 aliphatic rings. The van der Waals surface area contributed by atoms with E-state index in [0.29, 0.717) is 12.5 Å². The maximum Gasteiger partial charge on any atom is 0.254 e. The number of ether oxygens (including phenoxy) is 1. The number of carbonyl (C=O) groups is 1. The molecule has 0 spiro atoms. The Bertz CT molecular complexity index is 812. The smallest absolute Gasteiger partial charge is 0.254 e. The third-order valence-corrected chi connectivity index (χ3v) is 6.50. The van der Waals surface area contributed by atoms with Crippen LogP contribution in [0.25, 0.3) is 0 Å². The summed E-state index contributed by atoms with van der Waals surface area (Å²) in [5.41, 5.74) is 3.51. The molecule has 1 aromatic heterocycles. The molecule has 5 nitrogen and oxygen atoms in total. The van der Waals surface area contributed by atoms with Crippen molar-refractivity contribution in [3.63, 3.8) is 0 Å². The van der Waals surface area contributed by atoms with Crippen LogP contribution in [0.4, 0.5) is 0 Å². The van der Waals surface area contributed by atoms with Crippen molar-refractivity contribution in [1.82, 2.24) is 14.8 Å². The van der Waals surface area contributed by atoms with E-state index in [1.165, 1.54) is 11.1 Å². The van der Waals surface area contributed by atoms with Gasteiger partial charge >= 0.3 is 0 Å². The number of piperidine rings is 1. The summed E-state index contributed by atoms with van der Waals surface area (Å²) < 4.78 is 5.84. The minimum absolute atomic E-state index is 0.107. The third-order valence-electron chi connectivity index (χ3n) is 6.50. The van der Waals surface area contributed by atoms with E-state index in [0.717, 1.165) is 64.0 Å². The van der Waals surface area contributed by atoms with Gasteiger partial charge in [0, 0.05) is 44.2 Å². The average molecular weight is 408 g/mol. The van der Waals surface area contributed by atoms with Crippen molar-refractivity contribution in [3.05, 3.63) is 65.5 Å². The Balaban J connectivity index is 1.35. The van der Waals surface area contributed by atoms with Crippen LogP contribution >= 0.6 is 0 Å². The van der Waals surface area contributed by atoms with Crippen LogP contribution in [0.5, 0.6) is 0 Å². The first kappa shape index (κ1) is 21.0. The van der Waals surface area contributed by atoms with Gasteiger partial charge in [0.1, 0.15) is 0 Å². The van der Waals surface area contributed by atoms with E-state index in [2.05, 4.69) is 41.1 Å². The molecule has 2 fully saturated rings. The number of aryl methyl sites for hydroxylation is 1. The van der Waals surface area contributed by atoms with Gasteiger partial charge in [0.25, 0.3) is 5.91 Å². The van der Waals surface area contributed by atoms with Crippen molar-refractivity contribution in [2.75, 3.05) is 32.8 Å². The number of hydrogen-bond donors (Lipinski definition) is 0. The van der Waals surface area contributed by atoms with Crippen LogP contribution < -0.4 is 0 Å². The Kier molecular flexibility index (Phi) is 7.13. The number of rotatable bonds is 7. The maximum absolute atomic E-state index is 13.2. The van der Waals surface area contributed by atoms with Crippen LogP contribution in [-0.2, 0) is 11.3 Å². The number of amides is 1. The average Bonchev–Trinajstić information content (AvgIpc) is 3.29. The number of aromatic nitrogens is 1. The van der Waals surface area contributed by atoms with Gasteiger partial charge < -0.3 is 9.64 Å². The predicted octanol–water partition coefficient (Wildman–Crippen LogP) is 3.92. The first-order chi connectivity index (χ1) is 14.7. The zero-order valence-corrected chi connectivity index (χ0v) is 18.0. The van der Waals surface area contributed by atoms with Crippen molar-refractivity contribution in [2.24, 2.45) is 5.92 Å². The van der Waals surface area contributed by atoms with E-state index in [4.69, 9.17) is 4.74 Å². The van der Waals surface area contributed by atoms with Gasteiger partial charge in [0.2, 0.25) is 0 Å². The van der Waals surface area contributed by atoms with E-state index in [-0.39, 0.29) is 12.0 Å². The molecule has 2 saturated heterocycles. The monoisotopic (exact) mass is 407 g/mol. The molecule has 0 radical (unpaired) electrons. The second-order valence-corrected chi connectivity index (χ2v) is 8.73. The normalized spacial score (nSPS) is 20.4. The van der Waals surface area contributed by atoms with Crippen molar-refractivity contribution in [2.45, 2.75) is 45.3 Å². The summed E-state index contributed by atoms with van der Waals surface area (Å²) in [6.07, 6.45) is 7.99. The van der Waals surface area contributed by atoms with E-state index < -0.39 is 0 Å². The Hall–Kier alpha value is -2.24. The van der Waals surface area contributed by atoms with Crippen LogP contribution in [0.1, 0.15) is 47.2 Å². The van der Waals surface area contributed by atoms with Crippen molar-refractivity contribution < 1.29 is 9.53 Å². The molecule has 2 aliphatic heterocycles. The summed E-state index contributed by atoms with van der Waals surface area (Å²) in [4.78, 5) is 21.8. The molecule has 3 heterocycles. The molecule has 4 rings (SSSR count). The third kappa shape index (κ3) is 5.46. The molecule has 0 saturated carbocycles. The van der Waals surface area contributed by atoms with Crippen LogP contribution in [-0.4, -0.2) is 59.6 Å². The number of nitrogens with zero attached hydrogens (tertiary/aromatic N) is 3. The molecular formula is C25H33N3O2. The molecule has 30 heavy (non-hydrogen) atoms. The number of likely N-dealkylation sites (tertiary alicyclic amines) is 1. The fourth-order valence-electron chi connectivity index (χ4n) is 4.62. The highest BCUT2D eigenvalue weighted by atomic mass is 16.5. The lowest BCUT2D eigenvalue weighted by Crippen LogP contribution is -2.43. The van der Waals surface area contributed by atoms with Crippen molar-refractivity contribution in [3.8, 4) is 0 Å². The molecule has 0 aliphatic carbocycles. The highest BCUT2D eigenvalue weighted by Gasteiger charge is 2.28. The molecule has 1 aromatic carbocycles. The predicted molar refractivity (Wildman–Crippen MR) is 118 cm³/mol. The SMILES string of the molecule is Cc1ccccc1CN1CCC(CN(CC2CCCO2)C(=O)c2ccncc2)CC1. The largest absolute Gasteiger partial charge is 0.376 e. The molecular weight excluding hydrogens is 374 g/mol. The molecule has 0 bridgehead atoms. The Morgan fingerprint density at radius 2 is 1.87 bits per heavy atom. The van der Waals surface area contributed by atoms with Gasteiger partial charge in [-0.3, -0.25) is 14.7 Å². The number of benzene rings is 1. The number of hydrogen-bond acceptors (Lipinski definition) is 4. The fraction of sp³-hybridized carbons (Fsp3) is 0.520. The van der Waals surface area contributed by atoms with E-state index >= 15 is 0 Å². The van der Waals surface area contributed by atoms with Gasteiger partial charge in [0.15, 0.2) is 0 Å². The minimum atomic E-state index is 0.107. The molecule has 5 heteroatoms. The Labute approximate surface area is 180 Å². The number of pyridine rings is 1. The lowest BCUT2D eigenvalue weighted by Gasteiger charge is -2.36. The summed E-state index contributed by atoms with van der Waals surface area (Å²) in [6.45, 7) is 7.74. The fourth-order valence-corrected chi connectivity index (χ4v) is 4.62. The van der Waals surface area contributed by atoms with Crippen LogP contribution in [0.3, 0.4) is 0 Å². The highest BCUT2D eigenvalue weighted by molar-refractivity contribution is 5.94. The molecule has 160 valence electrons. The van der Waals surface area contributed by atoms with Gasteiger partial charge in [-0.15, -0.1) is 0 Å². The standard InChI is InChI=1S/C25H33N3O2/c1-20-5-2-3-6-23(20)18-27-14-10-21(11-15-27)17-28(19-24-7-4-16-30-24)25(29)22-8-12-26-13-9-22/h2-3,5-6,8-9,12-13,21,24H,4,7,10-11,14-19H2,1H3. The summed E-state index contributed by atoms with van der Waals surface area (Å²) in [5.74, 6) is 0.653. The number of carbonyl (C=O) groups excluding carboxylic acids is 1. The van der Waals surface area contributed by atoms with Crippen molar-refractivity contribution in [1.29, 1.82) is 0 Å². The molecule has 0 N–H and O–H groups in total. The second kappa shape index (κ2) is 10.2. The van der Waals surface area contributed by atoms with Gasteiger partial charge in [-0.1, -0.05) is 24.3 Å². The lowest BCUT2D eigenvalue weighted by atomic mass is 9.95. The Morgan fingerprint density at radius 3 is 2.57 bits per heavy atom. The maximum atomic E-state index is 13.2. The summed E-state index contributed by atoms with van der Waals surface area (Å²) in [6, 6.07) is 12.3. The molecule has 2 aromatic rings. The minimum Gasteiger partial charge on any atom is -0.376 e. The van der Waals surface area contributed by atoms with Crippen LogP contribution in [0, 0.1) is 12.8 Å². The van der Waals surface area contributed by atoms with E-state index in [1.807, 2.05) is 17.0 Å². The Morgan fingerprint density at radius 1 is 1.10 bits per heavy atom. The van der Waals surface area contributed by atoms with Gasteiger partial charge in [0.05, 0.1) is 6.10 Å². The highest BCUT2D eigenvalue weighted by Crippen LogP contribution is 2.23. The first-order valence-electron chi connectivity index (χ1n) is 11.3. The van der Waals surface area contributed by atoms with E-state index in [1.54, 1.807) is 12.4 Å². The first-order valence-corrected chi connectivity index (χ1v) is 11.3. The summed E-state index contributed by atoms with van der Waals surface area (Å²) in [5, 5.41) is 0. The zero-order valence-electron chi connectivity index (χ0n) is 18.0. The zero-order chi connectivity index (χ0) is 20.8. The van der Waals surface area contributed by atoms with Gasteiger partial charge in [-0.25, -0.2) is 0 Å². The van der Waals surface area contributed by atoms with Gasteiger partial charge in [-0.05, 0) is 74.9 Å². The lowest BCUT2D eigenvalue weighted by molar-refractivity contribution is 0.0444. The van der Waals surface area contributed by atoms with E-state index in [9.17, 15) is 4.79 Å². The quantitative estimate of drug-likeness (QED) is 0.698. The summed E-state index contributed by atoms with van der Waals surface area (Å²) in [7, 11) is 0. The van der Waals surface area contributed by atoms with Crippen molar-refractivity contribution >= 4 is 5.91 Å². The molecule has 1 atom stereocenters. The molecule has 1 unspecified atom stereocenters. The summed E-state index contributed by atoms with van der Waals surface area (Å²) >= 11 is 0. The van der Waals surface area contributed by atoms with Gasteiger partial charge in [-0.2, -0.15) is 0 Å². The van der Waals surface area contributed by atoms with Crippen LogP contribution in [0.2, 0.25) is 0 Å². The molecule has 1 amide bonds. The second-order valence-electron chi connectivity index (χ2n) is 8.73.